The Balaban J connectivity index is 1.67. The normalized spacial score (nSPS) is 16.0. The Morgan fingerprint density at radius 2 is 1.61 bits per heavy atom. The SMILES string of the molecule is CC(C)(C)C(=O)N1CCN(C(=O)c2cc3ccccc3s2)CC1. The second kappa shape index (κ2) is 5.96. The van der Waals surface area contributed by atoms with Gasteiger partial charge in [-0.05, 0) is 17.5 Å². The minimum absolute atomic E-state index is 0.0778. The van der Waals surface area contributed by atoms with E-state index in [4.69, 9.17) is 0 Å². The zero-order chi connectivity index (χ0) is 16.6. The van der Waals surface area contributed by atoms with Crippen molar-refractivity contribution >= 4 is 33.2 Å². The van der Waals surface area contributed by atoms with E-state index in [1.165, 1.54) is 11.3 Å². The number of piperazine rings is 1. The zero-order valence-electron chi connectivity index (χ0n) is 13.8. The first-order valence-corrected chi connectivity index (χ1v) is 8.75. The number of rotatable bonds is 1. The van der Waals surface area contributed by atoms with Crippen LogP contribution in [0.15, 0.2) is 30.3 Å². The molecule has 2 heterocycles. The standard InChI is InChI=1S/C18H22N2O2S/c1-18(2,3)17(22)20-10-8-19(9-11-20)16(21)15-12-13-6-4-5-7-14(13)23-15/h4-7,12H,8-11H2,1-3H3. The number of carbonyl (C=O) groups is 2. The summed E-state index contributed by atoms with van der Waals surface area (Å²) in [5, 5.41) is 1.11. The molecule has 0 radical (unpaired) electrons. The van der Waals surface area contributed by atoms with Gasteiger partial charge in [0.05, 0.1) is 4.88 Å². The van der Waals surface area contributed by atoms with Crippen molar-refractivity contribution in [3.05, 3.63) is 35.2 Å². The molecule has 1 aliphatic heterocycles. The first-order chi connectivity index (χ1) is 10.9. The Bertz CT molecular complexity index is 704. The molecule has 1 saturated heterocycles. The van der Waals surface area contributed by atoms with Gasteiger partial charge in [-0.2, -0.15) is 0 Å². The highest BCUT2D eigenvalue weighted by molar-refractivity contribution is 7.20. The van der Waals surface area contributed by atoms with Crippen molar-refractivity contribution in [2.24, 2.45) is 5.41 Å². The average Bonchev–Trinajstić information content (AvgIpc) is 2.96. The van der Waals surface area contributed by atoms with Crippen LogP contribution in [0.2, 0.25) is 0 Å². The van der Waals surface area contributed by atoms with Crippen molar-refractivity contribution in [2.75, 3.05) is 26.2 Å². The number of hydrogen-bond acceptors (Lipinski definition) is 3. The minimum atomic E-state index is -0.363. The summed E-state index contributed by atoms with van der Waals surface area (Å²) in [5.74, 6) is 0.237. The van der Waals surface area contributed by atoms with E-state index in [0.29, 0.717) is 26.2 Å². The van der Waals surface area contributed by atoms with Gasteiger partial charge in [0.25, 0.3) is 5.91 Å². The molecule has 5 heteroatoms. The Morgan fingerprint density at radius 3 is 2.22 bits per heavy atom. The van der Waals surface area contributed by atoms with Gasteiger partial charge in [0.2, 0.25) is 5.91 Å². The lowest BCUT2D eigenvalue weighted by molar-refractivity contribution is -0.140. The summed E-state index contributed by atoms with van der Waals surface area (Å²) in [7, 11) is 0. The van der Waals surface area contributed by atoms with Crippen molar-refractivity contribution < 1.29 is 9.59 Å². The van der Waals surface area contributed by atoms with Gasteiger partial charge in [0, 0.05) is 36.3 Å². The van der Waals surface area contributed by atoms with Gasteiger partial charge in [0.15, 0.2) is 0 Å². The van der Waals surface area contributed by atoms with Crippen molar-refractivity contribution in [3.63, 3.8) is 0 Å². The van der Waals surface area contributed by atoms with E-state index in [1.54, 1.807) is 0 Å². The quantitative estimate of drug-likeness (QED) is 0.805. The second-order valence-electron chi connectivity index (χ2n) is 6.98. The largest absolute Gasteiger partial charge is 0.339 e. The first-order valence-electron chi connectivity index (χ1n) is 7.93. The van der Waals surface area contributed by atoms with E-state index in [2.05, 4.69) is 0 Å². The average molecular weight is 330 g/mol. The molecule has 0 bridgehead atoms. The monoisotopic (exact) mass is 330 g/mol. The molecule has 0 unspecified atom stereocenters. The van der Waals surface area contributed by atoms with E-state index < -0.39 is 0 Å². The number of benzene rings is 1. The Hall–Kier alpha value is -1.88. The number of amides is 2. The van der Waals surface area contributed by atoms with Gasteiger partial charge >= 0.3 is 0 Å². The maximum absolute atomic E-state index is 12.7. The van der Waals surface area contributed by atoms with Crippen LogP contribution in [0.5, 0.6) is 0 Å². The molecule has 0 N–H and O–H groups in total. The summed E-state index contributed by atoms with van der Waals surface area (Å²) >= 11 is 1.54. The predicted octanol–water partition coefficient (Wildman–Crippen LogP) is 3.23. The Kier molecular flexibility index (Phi) is 4.15. The number of fused-ring (bicyclic) bond motifs is 1. The molecule has 1 fully saturated rings. The van der Waals surface area contributed by atoms with Crippen molar-refractivity contribution in [1.82, 2.24) is 9.80 Å². The molecule has 3 rings (SSSR count). The van der Waals surface area contributed by atoms with Crippen LogP contribution in [0.4, 0.5) is 0 Å². The fourth-order valence-corrected chi connectivity index (χ4v) is 3.86. The topological polar surface area (TPSA) is 40.6 Å². The Labute approximate surface area is 140 Å². The third-order valence-corrected chi connectivity index (χ3v) is 5.24. The predicted molar refractivity (Wildman–Crippen MR) is 93.8 cm³/mol. The number of nitrogens with zero attached hydrogens (tertiary/aromatic N) is 2. The molecule has 122 valence electrons. The van der Waals surface area contributed by atoms with Gasteiger partial charge < -0.3 is 9.80 Å². The molecular formula is C18H22N2O2S. The van der Waals surface area contributed by atoms with E-state index in [1.807, 2.05) is 60.9 Å². The lowest BCUT2D eigenvalue weighted by atomic mass is 9.94. The van der Waals surface area contributed by atoms with E-state index in [-0.39, 0.29) is 17.2 Å². The highest BCUT2D eigenvalue weighted by atomic mass is 32.1. The first kappa shape index (κ1) is 16.0. The van der Waals surface area contributed by atoms with E-state index in [9.17, 15) is 9.59 Å². The summed E-state index contributed by atoms with van der Waals surface area (Å²) in [5.41, 5.74) is -0.363. The minimum Gasteiger partial charge on any atom is -0.339 e. The van der Waals surface area contributed by atoms with Gasteiger partial charge in [0.1, 0.15) is 0 Å². The van der Waals surface area contributed by atoms with Crippen LogP contribution in [0.1, 0.15) is 30.4 Å². The fraction of sp³-hybridized carbons (Fsp3) is 0.444. The summed E-state index contributed by atoms with van der Waals surface area (Å²) in [6.07, 6.45) is 0. The number of hydrogen-bond donors (Lipinski definition) is 0. The van der Waals surface area contributed by atoms with Crippen LogP contribution in [-0.2, 0) is 4.79 Å². The van der Waals surface area contributed by atoms with Crippen LogP contribution >= 0.6 is 11.3 Å². The van der Waals surface area contributed by atoms with Gasteiger partial charge in [-0.25, -0.2) is 0 Å². The van der Waals surface area contributed by atoms with Crippen molar-refractivity contribution in [1.29, 1.82) is 0 Å². The zero-order valence-corrected chi connectivity index (χ0v) is 14.7. The summed E-state index contributed by atoms with van der Waals surface area (Å²) in [6, 6.07) is 10.0. The smallest absolute Gasteiger partial charge is 0.264 e. The van der Waals surface area contributed by atoms with Crippen LogP contribution in [0.3, 0.4) is 0 Å². The highest BCUT2D eigenvalue weighted by Gasteiger charge is 2.31. The molecular weight excluding hydrogens is 308 g/mol. The maximum Gasteiger partial charge on any atom is 0.264 e. The van der Waals surface area contributed by atoms with Gasteiger partial charge in [-0.15, -0.1) is 11.3 Å². The molecule has 1 aliphatic rings. The van der Waals surface area contributed by atoms with Gasteiger partial charge in [-0.3, -0.25) is 9.59 Å². The lowest BCUT2D eigenvalue weighted by Crippen LogP contribution is -2.52. The van der Waals surface area contributed by atoms with Crippen molar-refractivity contribution in [2.45, 2.75) is 20.8 Å². The number of carbonyl (C=O) groups excluding carboxylic acids is 2. The third-order valence-electron chi connectivity index (χ3n) is 4.13. The summed E-state index contributed by atoms with van der Waals surface area (Å²) < 4.78 is 1.14. The molecule has 0 aliphatic carbocycles. The number of thiophene rings is 1. The van der Waals surface area contributed by atoms with E-state index >= 15 is 0 Å². The van der Waals surface area contributed by atoms with E-state index in [0.717, 1.165) is 15.0 Å². The highest BCUT2D eigenvalue weighted by Crippen LogP contribution is 2.27. The van der Waals surface area contributed by atoms with Crippen LogP contribution in [0, 0.1) is 5.41 Å². The molecule has 4 nitrogen and oxygen atoms in total. The fourth-order valence-electron chi connectivity index (χ4n) is 2.83. The molecule has 1 aromatic heterocycles. The maximum atomic E-state index is 12.7. The molecule has 0 spiro atoms. The van der Waals surface area contributed by atoms with Gasteiger partial charge in [-0.1, -0.05) is 39.0 Å². The summed E-state index contributed by atoms with van der Waals surface area (Å²) in [6.45, 7) is 8.25. The Morgan fingerprint density at radius 1 is 1.00 bits per heavy atom. The molecule has 23 heavy (non-hydrogen) atoms. The van der Waals surface area contributed by atoms with Crippen LogP contribution in [0.25, 0.3) is 10.1 Å². The molecule has 1 aromatic carbocycles. The second-order valence-corrected chi connectivity index (χ2v) is 8.07. The molecule has 2 amide bonds. The van der Waals surface area contributed by atoms with Crippen molar-refractivity contribution in [3.8, 4) is 0 Å². The molecule has 2 aromatic rings. The summed E-state index contributed by atoms with van der Waals surface area (Å²) in [4.78, 5) is 29.5. The van der Waals surface area contributed by atoms with Crippen LogP contribution < -0.4 is 0 Å². The third kappa shape index (κ3) is 3.24. The van der Waals surface area contributed by atoms with Crippen LogP contribution in [-0.4, -0.2) is 47.8 Å². The molecule has 0 atom stereocenters. The molecule has 0 saturated carbocycles. The lowest BCUT2D eigenvalue weighted by Gasteiger charge is -2.37.